The minimum atomic E-state index is -0.0863. The Morgan fingerprint density at radius 3 is 2.44 bits per heavy atom. The maximum Gasteiger partial charge on any atom is 0.333 e. The van der Waals surface area contributed by atoms with Gasteiger partial charge < -0.3 is 4.74 Å². The number of rotatable bonds is 3. The van der Waals surface area contributed by atoms with Gasteiger partial charge in [0.25, 0.3) is 0 Å². The third-order valence-electron chi connectivity index (χ3n) is 4.19. The molecule has 0 aliphatic heterocycles. The first-order valence-electron chi connectivity index (χ1n) is 6.55. The molecule has 2 unspecified atom stereocenters. The van der Waals surface area contributed by atoms with Gasteiger partial charge in [-0.05, 0) is 43.9 Å². The van der Waals surface area contributed by atoms with Crippen LogP contribution >= 0.6 is 0 Å². The zero-order chi connectivity index (χ0) is 11.5. The lowest BCUT2D eigenvalue weighted by atomic mass is 10.00. The number of ether oxygens (including phenoxy) is 1. The van der Waals surface area contributed by atoms with Crippen LogP contribution in [0.5, 0.6) is 0 Å². The number of fused-ring (bicyclic) bond motifs is 1. The summed E-state index contributed by atoms with van der Waals surface area (Å²) in [5, 5.41) is 0. The molecule has 2 nitrogen and oxygen atoms in total. The Morgan fingerprint density at radius 2 is 1.94 bits per heavy atom. The zero-order valence-electron chi connectivity index (χ0n) is 10.4. The third kappa shape index (κ3) is 2.16. The maximum absolute atomic E-state index is 11.7. The minimum absolute atomic E-state index is 0.0863. The molecule has 0 radical (unpaired) electrons. The molecular weight excluding hydrogens is 200 g/mol. The van der Waals surface area contributed by atoms with Crippen LogP contribution in [0.1, 0.15) is 51.9 Å². The Kier molecular flexibility index (Phi) is 3.67. The number of esters is 1. The average Bonchev–Trinajstić information content (AvgIpc) is 2.84. The molecule has 0 amide bonds. The van der Waals surface area contributed by atoms with Gasteiger partial charge in [-0.1, -0.05) is 25.3 Å². The molecule has 2 rings (SSSR count). The van der Waals surface area contributed by atoms with Crippen molar-refractivity contribution in [2.24, 2.45) is 11.8 Å². The summed E-state index contributed by atoms with van der Waals surface area (Å²) in [6.07, 6.45) is 8.38. The van der Waals surface area contributed by atoms with E-state index in [1.54, 1.807) is 0 Å². The molecule has 0 saturated heterocycles. The second kappa shape index (κ2) is 5.03. The van der Waals surface area contributed by atoms with Crippen LogP contribution in [-0.4, -0.2) is 13.1 Å². The summed E-state index contributed by atoms with van der Waals surface area (Å²) < 4.78 is 4.90. The van der Waals surface area contributed by atoms with Crippen LogP contribution < -0.4 is 0 Å². The van der Waals surface area contributed by atoms with Gasteiger partial charge in [-0.2, -0.15) is 0 Å². The highest BCUT2D eigenvalue weighted by Crippen LogP contribution is 2.47. The van der Waals surface area contributed by atoms with Crippen molar-refractivity contribution >= 4 is 5.97 Å². The number of allylic oxidation sites excluding steroid dienone is 1. The predicted molar refractivity (Wildman–Crippen MR) is 64.0 cm³/mol. The number of carbonyl (C=O) groups excluding carboxylic acids is 1. The molecule has 2 saturated carbocycles. The van der Waals surface area contributed by atoms with Crippen LogP contribution in [0, 0.1) is 11.8 Å². The number of hydrogen-bond donors (Lipinski definition) is 0. The predicted octanol–water partition coefficient (Wildman–Crippen LogP) is 3.47. The maximum atomic E-state index is 11.7. The Bertz CT molecular complexity index is 290. The van der Waals surface area contributed by atoms with E-state index in [0.29, 0.717) is 0 Å². The Labute approximate surface area is 98.1 Å². The van der Waals surface area contributed by atoms with Crippen LogP contribution in [0.25, 0.3) is 0 Å². The van der Waals surface area contributed by atoms with E-state index in [9.17, 15) is 4.79 Å². The van der Waals surface area contributed by atoms with Gasteiger partial charge in [0.1, 0.15) is 0 Å². The van der Waals surface area contributed by atoms with Crippen molar-refractivity contribution in [3.8, 4) is 0 Å². The lowest BCUT2D eigenvalue weighted by Crippen LogP contribution is -2.07. The van der Waals surface area contributed by atoms with Crippen molar-refractivity contribution in [3.63, 3.8) is 0 Å². The minimum Gasteiger partial charge on any atom is -0.466 e. The summed E-state index contributed by atoms with van der Waals surface area (Å²) in [5.74, 6) is 1.65. The van der Waals surface area contributed by atoms with Crippen molar-refractivity contribution in [1.82, 2.24) is 0 Å². The van der Waals surface area contributed by atoms with Gasteiger partial charge in [0.15, 0.2) is 0 Å². The van der Waals surface area contributed by atoms with Gasteiger partial charge in [0.05, 0.1) is 7.11 Å². The lowest BCUT2D eigenvalue weighted by molar-refractivity contribution is -0.136. The summed E-state index contributed by atoms with van der Waals surface area (Å²) in [6, 6.07) is 0. The fraction of sp³-hybridized carbons (Fsp3) is 0.786. The van der Waals surface area contributed by atoms with E-state index in [0.717, 1.165) is 43.1 Å². The summed E-state index contributed by atoms with van der Waals surface area (Å²) in [7, 11) is 1.49. The zero-order valence-corrected chi connectivity index (χ0v) is 10.4. The quantitative estimate of drug-likeness (QED) is 0.540. The first-order valence-corrected chi connectivity index (χ1v) is 6.55. The molecule has 16 heavy (non-hydrogen) atoms. The Hall–Kier alpha value is -0.790. The van der Waals surface area contributed by atoms with Crippen molar-refractivity contribution < 1.29 is 9.53 Å². The molecule has 0 aromatic heterocycles. The standard InChI is InChI=1S/C14H22O2/c1-3-5-13(14(15)16-2)12-8-10-6-4-7-11(10)9-12/h10-11H,3-9H2,1-2H3. The highest BCUT2D eigenvalue weighted by atomic mass is 16.5. The second-order valence-electron chi connectivity index (χ2n) is 5.18. The van der Waals surface area contributed by atoms with E-state index in [1.807, 2.05) is 0 Å². The molecule has 2 atom stereocenters. The monoisotopic (exact) mass is 222 g/mol. The molecule has 0 heterocycles. The average molecular weight is 222 g/mol. The van der Waals surface area contributed by atoms with Gasteiger partial charge in [0, 0.05) is 5.57 Å². The van der Waals surface area contributed by atoms with Crippen molar-refractivity contribution in [3.05, 3.63) is 11.1 Å². The fourth-order valence-electron chi connectivity index (χ4n) is 3.41. The molecule has 90 valence electrons. The molecule has 2 heteroatoms. The molecule has 0 aromatic rings. The number of methoxy groups -OCH3 is 1. The van der Waals surface area contributed by atoms with E-state index in [-0.39, 0.29) is 5.97 Å². The molecular formula is C14H22O2. The molecule has 0 aromatic carbocycles. The summed E-state index contributed by atoms with van der Waals surface area (Å²) >= 11 is 0. The number of hydrogen-bond acceptors (Lipinski definition) is 2. The summed E-state index contributed by atoms with van der Waals surface area (Å²) in [5.41, 5.74) is 2.39. The van der Waals surface area contributed by atoms with Crippen molar-refractivity contribution in [2.75, 3.05) is 7.11 Å². The topological polar surface area (TPSA) is 26.3 Å². The fourth-order valence-corrected chi connectivity index (χ4v) is 3.41. The van der Waals surface area contributed by atoms with E-state index in [4.69, 9.17) is 4.74 Å². The van der Waals surface area contributed by atoms with E-state index in [1.165, 1.54) is 31.9 Å². The van der Waals surface area contributed by atoms with Gasteiger partial charge in [0.2, 0.25) is 0 Å². The molecule has 2 aliphatic carbocycles. The highest BCUT2D eigenvalue weighted by molar-refractivity contribution is 5.89. The van der Waals surface area contributed by atoms with Crippen LogP contribution in [0.4, 0.5) is 0 Å². The lowest BCUT2D eigenvalue weighted by Gasteiger charge is -2.09. The van der Waals surface area contributed by atoms with E-state index in [2.05, 4.69) is 6.92 Å². The van der Waals surface area contributed by atoms with Gasteiger partial charge in [-0.3, -0.25) is 0 Å². The second-order valence-corrected chi connectivity index (χ2v) is 5.18. The highest BCUT2D eigenvalue weighted by Gasteiger charge is 2.36. The third-order valence-corrected chi connectivity index (χ3v) is 4.19. The molecule has 0 spiro atoms. The van der Waals surface area contributed by atoms with Crippen LogP contribution in [0.2, 0.25) is 0 Å². The van der Waals surface area contributed by atoms with E-state index < -0.39 is 0 Å². The van der Waals surface area contributed by atoms with Gasteiger partial charge in [-0.15, -0.1) is 0 Å². The molecule has 2 fully saturated rings. The normalized spacial score (nSPS) is 28.0. The van der Waals surface area contributed by atoms with Gasteiger partial charge >= 0.3 is 5.97 Å². The van der Waals surface area contributed by atoms with Crippen molar-refractivity contribution in [2.45, 2.75) is 51.9 Å². The SMILES string of the molecule is CCCC(C(=O)OC)=C1CC2CCCC2C1. The van der Waals surface area contributed by atoms with Crippen LogP contribution in [0.15, 0.2) is 11.1 Å². The first-order chi connectivity index (χ1) is 7.76. The Morgan fingerprint density at radius 1 is 1.31 bits per heavy atom. The molecule has 0 N–H and O–H groups in total. The molecule has 2 aliphatic rings. The van der Waals surface area contributed by atoms with Gasteiger partial charge in [-0.25, -0.2) is 4.79 Å². The van der Waals surface area contributed by atoms with Crippen LogP contribution in [0.3, 0.4) is 0 Å². The smallest absolute Gasteiger partial charge is 0.333 e. The summed E-state index contributed by atoms with van der Waals surface area (Å²) in [4.78, 5) is 11.7. The van der Waals surface area contributed by atoms with Crippen LogP contribution in [-0.2, 0) is 9.53 Å². The van der Waals surface area contributed by atoms with Crippen molar-refractivity contribution in [1.29, 1.82) is 0 Å². The Balaban J connectivity index is 2.14. The first kappa shape index (κ1) is 11.7. The molecule has 0 bridgehead atoms. The number of carbonyl (C=O) groups is 1. The summed E-state index contributed by atoms with van der Waals surface area (Å²) in [6.45, 7) is 2.12. The van der Waals surface area contributed by atoms with E-state index >= 15 is 0 Å². The largest absolute Gasteiger partial charge is 0.466 e.